The van der Waals surface area contributed by atoms with E-state index in [0.717, 1.165) is 12.0 Å². The van der Waals surface area contributed by atoms with Gasteiger partial charge in [0.1, 0.15) is 12.6 Å². The van der Waals surface area contributed by atoms with Gasteiger partial charge in [0, 0.05) is 38.6 Å². The number of carbonyl (C=O) groups excluding carboxylic acids is 1. The van der Waals surface area contributed by atoms with E-state index < -0.39 is 36.3 Å². The molecule has 1 aliphatic heterocycles. The minimum absolute atomic E-state index is 0.0834. The number of carboxylic acid groups (broad SMARTS) is 3. The third-order valence-corrected chi connectivity index (χ3v) is 4.71. The second kappa shape index (κ2) is 14.9. The summed E-state index contributed by atoms with van der Waals surface area (Å²) in [6, 6.07) is 3.20. The topological polar surface area (TPSA) is 158 Å². The van der Waals surface area contributed by atoms with Crippen LogP contribution in [0.25, 0.3) is 0 Å². The van der Waals surface area contributed by atoms with Gasteiger partial charge >= 0.3 is 30.3 Å². The van der Waals surface area contributed by atoms with Crippen molar-refractivity contribution in [1.82, 2.24) is 14.8 Å². The Balaban J connectivity index is 0.000000761. The minimum Gasteiger partial charge on any atom is -0.480 e. The third-order valence-electron chi connectivity index (χ3n) is 4.71. The molecule has 1 aromatic rings. The molecule has 3 N–H and O–H groups in total. The monoisotopic (exact) mass is 549 g/mol. The highest BCUT2D eigenvalue weighted by atomic mass is 19.4. The molecule has 2 unspecified atom stereocenters. The lowest BCUT2D eigenvalue weighted by Crippen LogP contribution is -2.55. The van der Waals surface area contributed by atoms with E-state index in [4.69, 9.17) is 24.5 Å². The number of methoxy groups -OCH3 is 1. The van der Waals surface area contributed by atoms with Crippen LogP contribution in [0.15, 0.2) is 24.5 Å². The smallest absolute Gasteiger partial charge is 0.480 e. The van der Waals surface area contributed by atoms with Crippen molar-refractivity contribution in [2.24, 2.45) is 0 Å². The van der Waals surface area contributed by atoms with Crippen LogP contribution < -0.4 is 0 Å². The van der Waals surface area contributed by atoms with Crippen LogP contribution in [0, 0.1) is 0 Å². The summed E-state index contributed by atoms with van der Waals surface area (Å²) in [5.74, 6) is -6.75. The van der Waals surface area contributed by atoms with E-state index in [1.807, 2.05) is 25.4 Å². The quantitative estimate of drug-likeness (QED) is 0.448. The van der Waals surface area contributed by atoms with E-state index >= 15 is 0 Å². The Bertz CT molecular complexity index is 874. The van der Waals surface area contributed by atoms with Crippen molar-refractivity contribution in [3.05, 3.63) is 30.1 Å². The zero-order valence-corrected chi connectivity index (χ0v) is 19.5. The van der Waals surface area contributed by atoms with E-state index in [2.05, 4.69) is 9.88 Å². The highest BCUT2D eigenvalue weighted by Gasteiger charge is 2.39. The average Bonchev–Trinajstić information content (AvgIpc) is 2.79. The minimum atomic E-state index is -5.08. The number of alkyl halides is 6. The summed E-state index contributed by atoms with van der Waals surface area (Å²) in [7, 11) is 3.41. The lowest BCUT2D eigenvalue weighted by molar-refractivity contribution is -0.193. The molecule has 0 spiro atoms. The number of ether oxygens (including phenoxy) is 1. The SMILES string of the molecule is COCC(=O)N1CCC(N(C)Cc2cccnc2)CC1C(=O)O.O=C(O)C(F)(F)F.O=C(O)C(F)(F)F. The summed E-state index contributed by atoms with van der Waals surface area (Å²) in [5, 5.41) is 23.7. The molecule has 0 saturated carbocycles. The number of amides is 1. The van der Waals surface area contributed by atoms with Gasteiger partial charge in [0.05, 0.1) is 0 Å². The highest BCUT2D eigenvalue weighted by molar-refractivity contribution is 5.84. The Morgan fingerprint density at radius 3 is 1.97 bits per heavy atom. The fraction of sp³-hybridized carbons (Fsp3) is 0.550. The summed E-state index contributed by atoms with van der Waals surface area (Å²) in [4.78, 5) is 49.0. The van der Waals surface area contributed by atoms with Gasteiger partial charge in [-0.2, -0.15) is 26.3 Å². The molecule has 0 aromatic carbocycles. The molecule has 0 bridgehead atoms. The van der Waals surface area contributed by atoms with Crippen LogP contribution in [0.1, 0.15) is 18.4 Å². The van der Waals surface area contributed by atoms with E-state index in [1.165, 1.54) is 12.0 Å². The zero-order valence-electron chi connectivity index (χ0n) is 19.5. The lowest BCUT2D eigenvalue weighted by Gasteiger charge is -2.40. The number of hydrogen-bond donors (Lipinski definition) is 3. The summed E-state index contributed by atoms with van der Waals surface area (Å²) >= 11 is 0. The molecule has 0 aliphatic carbocycles. The summed E-state index contributed by atoms with van der Waals surface area (Å²) in [6.45, 7) is 1.05. The van der Waals surface area contributed by atoms with Crippen LogP contribution in [-0.2, 0) is 30.5 Å². The third kappa shape index (κ3) is 12.9. The maximum absolute atomic E-state index is 12.0. The van der Waals surface area contributed by atoms with Gasteiger partial charge in [-0.05, 0) is 31.5 Å². The van der Waals surface area contributed by atoms with Crippen LogP contribution in [0.2, 0.25) is 0 Å². The van der Waals surface area contributed by atoms with Gasteiger partial charge in [-0.1, -0.05) is 6.07 Å². The van der Waals surface area contributed by atoms with Gasteiger partial charge in [-0.25, -0.2) is 14.4 Å². The van der Waals surface area contributed by atoms with E-state index in [1.54, 1.807) is 6.20 Å². The lowest BCUT2D eigenvalue weighted by atomic mass is 9.95. The van der Waals surface area contributed by atoms with E-state index in [0.29, 0.717) is 19.5 Å². The van der Waals surface area contributed by atoms with Crippen LogP contribution in [0.3, 0.4) is 0 Å². The normalized spacial score (nSPS) is 17.6. The molecule has 210 valence electrons. The molecule has 17 heteroatoms. The molecule has 11 nitrogen and oxygen atoms in total. The van der Waals surface area contributed by atoms with Gasteiger partial charge in [0.2, 0.25) is 5.91 Å². The van der Waals surface area contributed by atoms with Crippen LogP contribution in [0.5, 0.6) is 0 Å². The van der Waals surface area contributed by atoms with Crippen molar-refractivity contribution in [1.29, 1.82) is 0 Å². The van der Waals surface area contributed by atoms with Gasteiger partial charge < -0.3 is 25.0 Å². The molecule has 2 atom stereocenters. The molecule has 2 rings (SSSR count). The maximum atomic E-state index is 12.0. The molecule has 0 radical (unpaired) electrons. The Hall–Kier alpha value is -3.47. The van der Waals surface area contributed by atoms with Crippen molar-refractivity contribution in [3.63, 3.8) is 0 Å². The number of nitrogens with zero attached hydrogens (tertiary/aromatic N) is 3. The van der Waals surface area contributed by atoms with Crippen molar-refractivity contribution < 1.29 is 65.6 Å². The molecule has 1 aromatic heterocycles. The Kier molecular flexibility index (Phi) is 13.5. The van der Waals surface area contributed by atoms with Crippen molar-refractivity contribution in [2.75, 3.05) is 27.3 Å². The molecular formula is C20H25F6N3O8. The first-order valence-corrected chi connectivity index (χ1v) is 10.1. The van der Waals surface area contributed by atoms with Gasteiger partial charge in [0.15, 0.2) is 0 Å². The first kappa shape index (κ1) is 33.5. The molecule has 1 fully saturated rings. The van der Waals surface area contributed by atoms with Gasteiger partial charge in [-0.3, -0.25) is 14.7 Å². The van der Waals surface area contributed by atoms with Crippen LogP contribution in [-0.4, -0.2) is 106 Å². The fourth-order valence-electron chi connectivity index (χ4n) is 2.99. The zero-order chi connectivity index (χ0) is 29.0. The Morgan fingerprint density at radius 1 is 1.08 bits per heavy atom. The number of pyridine rings is 1. The highest BCUT2D eigenvalue weighted by Crippen LogP contribution is 2.23. The molecule has 37 heavy (non-hydrogen) atoms. The number of aliphatic carboxylic acids is 3. The number of aromatic nitrogens is 1. The molecule has 2 heterocycles. The molecule has 1 saturated heterocycles. The largest absolute Gasteiger partial charge is 0.490 e. The fourth-order valence-corrected chi connectivity index (χ4v) is 2.99. The summed E-state index contributed by atoms with van der Waals surface area (Å²) in [6.07, 6.45) is -5.47. The number of carboxylic acids is 3. The van der Waals surface area contributed by atoms with Crippen molar-refractivity contribution >= 4 is 23.8 Å². The number of rotatable bonds is 6. The Labute approximate surface area is 206 Å². The Morgan fingerprint density at radius 2 is 1.59 bits per heavy atom. The predicted molar refractivity (Wildman–Crippen MR) is 111 cm³/mol. The van der Waals surface area contributed by atoms with Crippen molar-refractivity contribution in [3.8, 4) is 0 Å². The van der Waals surface area contributed by atoms with Crippen LogP contribution in [0.4, 0.5) is 26.3 Å². The van der Waals surface area contributed by atoms with E-state index in [9.17, 15) is 41.0 Å². The second-order valence-corrected chi connectivity index (χ2v) is 7.43. The molecule has 1 aliphatic rings. The summed E-state index contributed by atoms with van der Waals surface area (Å²) in [5.41, 5.74) is 1.08. The maximum Gasteiger partial charge on any atom is 0.490 e. The van der Waals surface area contributed by atoms with Crippen LogP contribution >= 0.6 is 0 Å². The van der Waals surface area contributed by atoms with Crippen molar-refractivity contribution in [2.45, 2.75) is 43.8 Å². The number of hydrogen-bond acceptors (Lipinski definition) is 7. The van der Waals surface area contributed by atoms with Gasteiger partial charge in [0.25, 0.3) is 0 Å². The average molecular weight is 549 g/mol. The number of halogens is 6. The standard InChI is InChI=1S/C16H23N3O4.2C2HF3O2/c1-18(10-12-4-3-6-17-9-12)13-5-7-19(15(20)11-23-2)14(8-13)16(21)22;2*3-2(4,5)1(6)7/h3-4,6,9,13-14H,5,7-8,10-11H2,1-2H3,(H,21,22);2*(H,6,7). The summed E-state index contributed by atoms with van der Waals surface area (Å²) < 4.78 is 68.3. The first-order chi connectivity index (χ1) is 16.9. The number of carbonyl (C=O) groups is 4. The molecule has 1 amide bonds. The molecular weight excluding hydrogens is 524 g/mol. The van der Waals surface area contributed by atoms with E-state index in [-0.39, 0.29) is 18.6 Å². The number of likely N-dealkylation sites (tertiary alicyclic amines) is 1. The van der Waals surface area contributed by atoms with Gasteiger partial charge in [-0.15, -0.1) is 0 Å². The first-order valence-electron chi connectivity index (χ1n) is 10.1. The predicted octanol–water partition coefficient (Wildman–Crippen LogP) is 1.87. The second-order valence-electron chi connectivity index (χ2n) is 7.43. The number of piperidine rings is 1.